The Morgan fingerprint density at radius 3 is 2.59 bits per heavy atom. The fraction of sp³-hybridized carbons (Fsp3) is 0.182. The molecule has 6 heteroatoms. The van der Waals surface area contributed by atoms with E-state index >= 15 is 0 Å². The van der Waals surface area contributed by atoms with Gasteiger partial charge in [0.2, 0.25) is 11.2 Å². The fourth-order valence-electron chi connectivity index (χ4n) is 1.42. The molecule has 0 aliphatic carbocycles. The van der Waals surface area contributed by atoms with E-state index in [2.05, 4.69) is 15.0 Å². The van der Waals surface area contributed by atoms with E-state index in [1.807, 2.05) is 43.3 Å². The first-order valence-corrected chi connectivity index (χ1v) is 5.39. The monoisotopic (exact) mass is 249 g/mol. The Balaban J connectivity index is 2.49. The molecule has 0 radical (unpaired) electrons. The predicted molar refractivity (Wildman–Crippen MR) is 69.0 cm³/mol. The van der Waals surface area contributed by atoms with Crippen molar-refractivity contribution in [1.29, 1.82) is 0 Å². The fourth-order valence-corrected chi connectivity index (χ4v) is 1.58. The highest BCUT2D eigenvalue weighted by Crippen LogP contribution is 2.21. The van der Waals surface area contributed by atoms with Gasteiger partial charge in [-0.1, -0.05) is 12.1 Å². The molecule has 0 unspecified atom stereocenters. The normalized spacial score (nSPS) is 10.3. The maximum atomic E-state index is 5.75. The van der Waals surface area contributed by atoms with E-state index in [4.69, 9.17) is 17.3 Å². The van der Waals surface area contributed by atoms with Gasteiger partial charge in [0, 0.05) is 25.3 Å². The quantitative estimate of drug-likeness (QED) is 0.880. The summed E-state index contributed by atoms with van der Waals surface area (Å²) in [6.07, 6.45) is 0. The molecule has 0 saturated carbocycles. The van der Waals surface area contributed by atoms with Crippen LogP contribution in [0.2, 0.25) is 5.28 Å². The molecule has 0 saturated heterocycles. The SMILES string of the molecule is CN(C)c1cccc(-c2nc(N)nc(Cl)n2)c1. The van der Waals surface area contributed by atoms with Crippen molar-refractivity contribution in [2.24, 2.45) is 0 Å². The summed E-state index contributed by atoms with van der Waals surface area (Å²) in [5.41, 5.74) is 7.44. The van der Waals surface area contributed by atoms with Crippen molar-refractivity contribution >= 4 is 23.2 Å². The lowest BCUT2D eigenvalue weighted by Gasteiger charge is -2.13. The van der Waals surface area contributed by atoms with Gasteiger partial charge in [-0.05, 0) is 23.7 Å². The number of nitrogen functional groups attached to an aromatic ring is 1. The smallest absolute Gasteiger partial charge is 0.227 e. The average molecular weight is 250 g/mol. The number of rotatable bonds is 2. The summed E-state index contributed by atoms with van der Waals surface area (Å²) in [6.45, 7) is 0. The summed E-state index contributed by atoms with van der Waals surface area (Å²) in [7, 11) is 3.93. The molecule has 0 amide bonds. The highest BCUT2D eigenvalue weighted by atomic mass is 35.5. The largest absolute Gasteiger partial charge is 0.378 e. The van der Waals surface area contributed by atoms with Crippen molar-refractivity contribution in [3.63, 3.8) is 0 Å². The number of nitrogens with zero attached hydrogens (tertiary/aromatic N) is 4. The van der Waals surface area contributed by atoms with Gasteiger partial charge in [-0.15, -0.1) is 0 Å². The number of hydrogen-bond acceptors (Lipinski definition) is 5. The molecule has 1 aromatic heterocycles. The lowest BCUT2D eigenvalue weighted by molar-refractivity contribution is 1.07. The maximum absolute atomic E-state index is 5.75. The zero-order valence-electron chi connectivity index (χ0n) is 9.55. The Kier molecular flexibility index (Phi) is 3.10. The lowest BCUT2D eigenvalue weighted by Crippen LogP contribution is -2.08. The minimum absolute atomic E-state index is 0.0998. The third kappa shape index (κ3) is 2.62. The van der Waals surface area contributed by atoms with Crippen molar-refractivity contribution in [3.8, 4) is 11.4 Å². The average Bonchev–Trinajstić information content (AvgIpc) is 2.28. The van der Waals surface area contributed by atoms with Gasteiger partial charge in [0.05, 0.1) is 0 Å². The summed E-state index contributed by atoms with van der Waals surface area (Å²) in [5.74, 6) is 0.599. The zero-order chi connectivity index (χ0) is 12.4. The van der Waals surface area contributed by atoms with Gasteiger partial charge >= 0.3 is 0 Å². The Hall–Kier alpha value is -1.88. The first-order chi connectivity index (χ1) is 8.06. The molecule has 17 heavy (non-hydrogen) atoms. The van der Waals surface area contributed by atoms with Crippen LogP contribution in [0.3, 0.4) is 0 Å². The van der Waals surface area contributed by atoms with Gasteiger partial charge in [-0.25, -0.2) is 0 Å². The van der Waals surface area contributed by atoms with Crippen LogP contribution in [0.15, 0.2) is 24.3 Å². The first-order valence-electron chi connectivity index (χ1n) is 5.01. The number of nitrogens with two attached hydrogens (primary N) is 1. The van der Waals surface area contributed by atoms with Crippen LogP contribution in [0.25, 0.3) is 11.4 Å². The highest BCUT2D eigenvalue weighted by Gasteiger charge is 2.06. The predicted octanol–water partition coefficient (Wildman–Crippen LogP) is 1.84. The maximum Gasteiger partial charge on any atom is 0.227 e. The molecule has 2 aromatic rings. The van der Waals surface area contributed by atoms with Crippen LogP contribution >= 0.6 is 11.6 Å². The molecule has 1 aromatic carbocycles. The van der Waals surface area contributed by atoms with Crippen LogP contribution in [0, 0.1) is 0 Å². The van der Waals surface area contributed by atoms with Crippen molar-refractivity contribution in [2.75, 3.05) is 24.7 Å². The molecule has 1 heterocycles. The van der Waals surface area contributed by atoms with E-state index in [0.717, 1.165) is 11.3 Å². The lowest BCUT2D eigenvalue weighted by atomic mass is 10.2. The van der Waals surface area contributed by atoms with Crippen molar-refractivity contribution in [1.82, 2.24) is 15.0 Å². The van der Waals surface area contributed by atoms with E-state index in [1.165, 1.54) is 0 Å². The molecular formula is C11H12ClN5. The van der Waals surface area contributed by atoms with Crippen LogP contribution in [0.4, 0.5) is 11.6 Å². The Morgan fingerprint density at radius 2 is 1.94 bits per heavy atom. The summed E-state index contributed by atoms with van der Waals surface area (Å²) in [4.78, 5) is 13.8. The summed E-state index contributed by atoms with van der Waals surface area (Å²) < 4.78 is 0. The molecule has 0 aliphatic rings. The summed E-state index contributed by atoms with van der Waals surface area (Å²) in [6, 6.07) is 7.79. The van der Waals surface area contributed by atoms with E-state index < -0.39 is 0 Å². The number of anilines is 2. The Morgan fingerprint density at radius 1 is 1.18 bits per heavy atom. The molecule has 0 bridgehead atoms. The van der Waals surface area contributed by atoms with Crippen LogP contribution in [0.1, 0.15) is 0 Å². The van der Waals surface area contributed by atoms with Crippen molar-refractivity contribution < 1.29 is 0 Å². The second-order valence-corrected chi connectivity index (χ2v) is 4.07. The number of hydrogen-bond donors (Lipinski definition) is 1. The van der Waals surface area contributed by atoms with Gasteiger partial charge in [-0.3, -0.25) is 0 Å². The summed E-state index contributed by atoms with van der Waals surface area (Å²) in [5, 5.41) is 0.0998. The van der Waals surface area contributed by atoms with Crippen molar-refractivity contribution in [3.05, 3.63) is 29.5 Å². The van der Waals surface area contributed by atoms with Gasteiger partial charge in [0.25, 0.3) is 0 Å². The Bertz CT molecular complexity index is 521. The van der Waals surface area contributed by atoms with Crippen LogP contribution < -0.4 is 10.6 Å². The number of halogens is 1. The van der Waals surface area contributed by atoms with Crippen LogP contribution in [0.5, 0.6) is 0 Å². The van der Waals surface area contributed by atoms with E-state index in [9.17, 15) is 0 Å². The molecule has 88 valence electrons. The Labute approximate surface area is 104 Å². The highest BCUT2D eigenvalue weighted by molar-refractivity contribution is 6.28. The minimum atomic E-state index is 0.0998. The van der Waals surface area contributed by atoms with Gasteiger partial charge in [0.1, 0.15) is 0 Å². The molecule has 0 spiro atoms. The minimum Gasteiger partial charge on any atom is -0.378 e. The standard InChI is InChI=1S/C11H12ClN5/c1-17(2)8-5-3-4-7(6-8)9-14-10(12)16-11(13)15-9/h3-6H,1-2H3,(H2,13,14,15,16). The van der Waals surface area contributed by atoms with Gasteiger partial charge in [0.15, 0.2) is 5.82 Å². The third-order valence-corrected chi connectivity index (χ3v) is 2.42. The van der Waals surface area contributed by atoms with E-state index in [-0.39, 0.29) is 11.2 Å². The van der Waals surface area contributed by atoms with Gasteiger partial charge in [-0.2, -0.15) is 15.0 Å². The van der Waals surface area contributed by atoms with Crippen molar-refractivity contribution in [2.45, 2.75) is 0 Å². The molecule has 0 aliphatic heterocycles. The molecule has 0 fully saturated rings. The molecule has 2 N–H and O–H groups in total. The number of benzene rings is 1. The van der Waals surface area contributed by atoms with Gasteiger partial charge < -0.3 is 10.6 Å². The van der Waals surface area contributed by atoms with Crippen LogP contribution in [-0.2, 0) is 0 Å². The first kappa shape index (κ1) is 11.6. The molecule has 5 nitrogen and oxygen atoms in total. The summed E-state index contributed by atoms with van der Waals surface area (Å²) >= 11 is 5.75. The van der Waals surface area contributed by atoms with E-state index in [1.54, 1.807) is 0 Å². The second-order valence-electron chi connectivity index (χ2n) is 3.73. The number of aromatic nitrogens is 3. The van der Waals surface area contributed by atoms with E-state index in [0.29, 0.717) is 5.82 Å². The second kappa shape index (κ2) is 4.55. The topological polar surface area (TPSA) is 67.9 Å². The molecule has 0 atom stereocenters. The molecular weight excluding hydrogens is 238 g/mol. The van der Waals surface area contributed by atoms with Crippen LogP contribution in [-0.4, -0.2) is 29.0 Å². The molecule has 2 rings (SSSR count). The zero-order valence-corrected chi connectivity index (χ0v) is 10.3. The third-order valence-electron chi connectivity index (χ3n) is 2.25.